The van der Waals surface area contributed by atoms with Gasteiger partial charge in [0, 0.05) is 12.3 Å². The van der Waals surface area contributed by atoms with Crippen LogP contribution in [0.3, 0.4) is 0 Å². The van der Waals surface area contributed by atoms with Crippen molar-refractivity contribution in [3.8, 4) is 6.07 Å². The van der Waals surface area contributed by atoms with Crippen molar-refractivity contribution in [1.29, 1.82) is 5.26 Å². The maximum Gasteiger partial charge on any atom is 0.410 e. The SMILES string of the molecule is CCS(=O)(=O)[C@H]1CCN(C(=O)OCc2ccccc2)[C@H](c2ccc(C#N)cc2)C1. The minimum absolute atomic E-state index is 0.0796. The van der Waals surface area contributed by atoms with Crippen molar-refractivity contribution in [2.24, 2.45) is 0 Å². The zero-order valence-corrected chi connectivity index (χ0v) is 17.1. The standard InChI is InChI=1S/C22H24N2O4S/c1-2-29(26,27)20-12-13-24(22(25)28-16-18-6-4-3-5-7-18)21(14-20)19-10-8-17(15-23)9-11-19/h3-11,20-21H,2,12-14,16H2,1H3/t20-,21-/m0/s1. The van der Waals surface area contributed by atoms with Gasteiger partial charge in [-0.25, -0.2) is 13.2 Å². The molecule has 0 bridgehead atoms. The molecule has 6 nitrogen and oxygen atoms in total. The van der Waals surface area contributed by atoms with Gasteiger partial charge in [-0.3, -0.25) is 0 Å². The van der Waals surface area contributed by atoms with Gasteiger partial charge < -0.3 is 9.64 Å². The predicted molar refractivity (Wildman–Crippen MR) is 110 cm³/mol. The lowest BCUT2D eigenvalue weighted by Gasteiger charge is -2.38. The highest BCUT2D eigenvalue weighted by molar-refractivity contribution is 7.92. The van der Waals surface area contributed by atoms with E-state index in [9.17, 15) is 13.2 Å². The Morgan fingerprint density at radius 2 is 1.86 bits per heavy atom. The molecule has 1 aliphatic rings. The molecule has 0 spiro atoms. The van der Waals surface area contributed by atoms with Crippen LogP contribution in [-0.4, -0.2) is 37.0 Å². The number of ether oxygens (including phenoxy) is 1. The number of amides is 1. The summed E-state index contributed by atoms with van der Waals surface area (Å²) in [5, 5.41) is 8.53. The maximum absolute atomic E-state index is 12.8. The van der Waals surface area contributed by atoms with E-state index in [0.29, 0.717) is 24.9 Å². The summed E-state index contributed by atoms with van der Waals surface area (Å²) in [5.74, 6) is 0.0796. The molecule has 29 heavy (non-hydrogen) atoms. The summed E-state index contributed by atoms with van der Waals surface area (Å²) in [6, 6.07) is 18.0. The Balaban J connectivity index is 1.81. The van der Waals surface area contributed by atoms with E-state index in [-0.39, 0.29) is 12.4 Å². The van der Waals surface area contributed by atoms with Crippen molar-refractivity contribution >= 4 is 15.9 Å². The fourth-order valence-corrected chi connectivity index (χ4v) is 5.02. The second-order valence-electron chi connectivity index (χ2n) is 7.08. The molecule has 0 radical (unpaired) electrons. The van der Waals surface area contributed by atoms with Crippen LogP contribution in [0.25, 0.3) is 0 Å². The maximum atomic E-state index is 12.8. The number of carbonyl (C=O) groups is 1. The fourth-order valence-electron chi connectivity index (χ4n) is 3.61. The van der Waals surface area contributed by atoms with Crippen LogP contribution in [0.4, 0.5) is 4.79 Å². The lowest BCUT2D eigenvalue weighted by atomic mass is 9.94. The molecule has 3 rings (SSSR count). The molecule has 0 unspecified atom stereocenters. The first-order valence-electron chi connectivity index (χ1n) is 9.63. The van der Waals surface area contributed by atoms with E-state index in [1.165, 1.54) is 0 Å². The third-order valence-electron chi connectivity index (χ3n) is 5.33. The Hall–Kier alpha value is -2.85. The van der Waals surface area contributed by atoms with Crippen LogP contribution in [0, 0.1) is 11.3 Å². The highest BCUT2D eigenvalue weighted by Crippen LogP contribution is 2.35. The summed E-state index contributed by atoms with van der Waals surface area (Å²) in [7, 11) is -3.21. The highest BCUT2D eigenvalue weighted by atomic mass is 32.2. The minimum atomic E-state index is -3.21. The van der Waals surface area contributed by atoms with Gasteiger partial charge in [0.05, 0.1) is 22.9 Å². The lowest BCUT2D eigenvalue weighted by molar-refractivity contribution is 0.0684. The van der Waals surface area contributed by atoms with E-state index >= 15 is 0 Å². The predicted octanol–water partition coefficient (Wildman–Crippen LogP) is 3.84. The molecular formula is C22H24N2O4S. The van der Waals surface area contributed by atoms with Gasteiger partial charge in [-0.1, -0.05) is 49.4 Å². The molecule has 1 amide bonds. The largest absolute Gasteiger partial charge is 0.445 e. The second-order valence-corrected chi connectivity index (χ2v) is 9.65. The monoisotopic (exact) mass is 412 g/mol. The number of nitrogens with zero attached hydrogens (tertiary/aromatic N) is 2. The smallest absolute Gasteiger partial charge is 0.410 e. The normalized spacial score (nSPS) is 19.4. The molecular weight excluding hydrogens is 388 g/mol. The summed E-state index contributed by atoms with van der Waals surface area (Å²) in [6.07, 6.45) is 0.252. The lowest BCUT2D eigenvalue weighted by Crippen LogP contribution is -2.45. The molecule has 7 heteroatoms. The Kier molecular flexibility index (Phi) is 6.55. The minimum Gasteiger partial charge on any atom is -0.445 e. The number of carbonyl (C=O) groups excluding carboxylic acids is 1. The zero-order chi connectivity index (χ0) is 20.9. The first-order valence-corrected chi connectivity index (χ1v) is 11.3. The number of benzene rings is 2. The van der Waals surface area contributed by atoms with Gasteiger partial charge in [-0.2, -0.15) is 5.26 Å². The number of likely N-dealkylation sites (tertiary alicyclic amines) is 1. The molecule has 1 aliphatic heterocycles. The van der Waals surface area contributed by atoms with Crippen LogP contribution in [0.5, 0.6) is 0 Å². The number of hydrogen-bond donors (Lipinski definition) is 0. The van der Waals surface area contributed by atoms with E-state index in [1.54, 1.807) is 36.1 Å². The van der Waals surface area contributed by atoms with E-state index in [0.717, 1.165) is 11.1 Å². The van der Waals surface area contributed by atoms with E-state index in [2.05, 4.69) is 6.07 Å². The Labute approximate surface area is 171 Å². The van der Waals surface area contributed by atoms with Gasteiger partial charge >= 0.3 is 6.09 Å². The third kappa shape index (κ3) is 4.96. The Bertz CT molecular complexity index is 982. The van der Waals surface area contributed by atoms with Gasteiger partial charge in [0.15, 0.2) is 9.84 Å². The van der Waals surface area contributed by atoms with Gasteiger partial charge in [0.25, 0.3) is 0 Å². The molecule has 0 aliphatic carbocycles. The summed E-state index contributed by atoms with van der Waals surface area (Å²) >= 11 is 0. The van der Waals surface area contributed by atoms with Gasteiger partial charge in [0.1, 0.15) is 6.61 Å². The van der Waals surface area contributed by atoms with Crippen molar-refractivity contribution in [3.63, 3.8) is 0 Å². The third-order valence-corrected chi connectivity index (χ3v) is 7.58. The van der Waals surface area contributed by atoms with Crippen molar-refractivity contribution in [1.82, 2.24) is 4.90 Å². The summed E-state index contributed by atoms with van der Waals surface area (Å²) in [4.78, 5) is 14.4. The average molecular weight is 413 g/mol. The van der Waals surface area contributed by atoms with Crippen LogP contribution in [0.2, 0.25) is 0 Å². The van der Waals surface area contributed by atoms with Crippen LogP contribution < -0.4 is 0 Å². The molecule has 1 saturated heterocycles. The number of hydrogen-bond acceptors (Lipinski definition) is 5. The number of rotatable bonds is 5. The fraction of sp³-hybridized carbons (Fsp3) is 0.364. The van der Waals surface area contributed by atoms with Gasteiger partial charge in [0.2, 0.25) is 0 Å². The molecule has 0 aromatic heterocycles. The van der Waals surface area contributed by atoms with Crippen LogP contribution in [-0.2, 0) is 21.2 Å². The van der Waals surface area contributed by atoms with Crippen molar-refractivity contribution < 1.29 is 17.9 Å². The number of piperidine rings is 1. The number of nitriles is 1. The first kappa shape index (κ1) is 20.9. The summed E-state index contributed by atoms with van der Waals surface area (Å²) < 4.78 is 30.4. The molecule has 1 fully saturated rings. The molecule has 1 heterocycles. The van der Waals surface area contributed by atoms with Crippen LogP contribution in [0.1, 0.15) is 42.5 Å². The highest BCUT2D eigenvalue weighted by Gasteiger charge is 2.38. The van der Waals surface area contributed by atoms with Crippen LogP contribution in [0.15, 0.2) is 54.6 Å². The Morgan fingerprint density at radius 1 is 1.17 bits per heavy atom. The van der Waals surface area contributed by atoms with Crippen molar-refractivity contribution in [2.45, 2.75) is 37.7 Å². The van der Waals surface area contributed by atoms with Crippen LogP contribution >= 0.6 is 0 Å². The quantitative estimate of drug-likeness (QED) is 0.745. The van der Waals surface area contributed by atoms with Crippen molar-refractivity contribution in [2.75, 3.05) is 12.3 Å². The average Bonchev–Trinajstić information content (AvgIpc) is 2.77. The first-order chi connectivity index (χ1) is 13.9. The summed E-state index contributed by atoms with van der Waals surface area (Å²) in [6.45, 7) is 2.11. The topological polar surface area (TPSA) is 87.5 Å². The van der Waals surface area contributed by atoms with E-state index in [4.69, 9.17) is 10.00 Å². The Morgan fingerprint density at radius 3 is 2.48 bits per heavy atom. The van der Waals surface area contributed by atoms with Crippen molar-refractivity contribution in [3.05, 3.63) is 71.3 Å². The molecule has 2 aromatic rings. The molecule has 0 saturated carbocycles. The van der Waals surface area contributed by atoms with E-state index in [1.807, 2.05) is 30.3 Å². The van der Waals surface area contributed by atoms with Gasteiger partial charge in [-0.15, -0.1) is 0 Å². The molecule has 2 atom stereocenters. The summed E-state index contributed by atoms with van der Waals surface area (Å²) in [5.41, 5.74) is 2.20. The zero-order valence-electron chi connectivity index (χ0n) is 16.3. The second kappa shape index (κ2) is 9.10. The molecule has 152 valence electrons. The van der Waals surface area contributed by atoms with E-state index < -0.39 is 27.2 Å². The molecule has 0 N–H and O–H groups in total. The molecule has 2 aromatic carbocycles. The number of sulfone groups is 1. The van der Waals surface area contributed by atoms with Gasteiger partial charge in [-0.05, 0) is 36.1 Å².